The standard InChI is InChI=1S/C17H33NO2/c1-17(19)15-13-11-9-7-5-3-4-6-8-10-12-14-16-18-20-2/h14,16,18H,3-13,15H2,1-2H3. The van der Waals surface area contributed by atoms with Gasteiger partial charge in [0.05, 0.1) is 7.11 Å². The molecule has 0 rings (SSSR count). The fourth-order valence-corrected chi connectivity index (χ4v) is 2.25. The van der Waals surface area contributed by atoms with Crippen LogP contribution in [0.5, 0.6) is 0 Å². The van der Waals surface area contributed by atoms with Crippen molar-refractivity contribution in [1.82, 2.24) is 5.48 Å². The molecule has 0 aliphatic carbocycles. The van der Waals surface area contributed by atoms with Crippen molar-refractivity contribution in [2.75, 3.05) is 7.11 Å². The van der Waals surface area contributed by atoms with Gasteiger partial charge in [0.1, 0.15) is 5.78 Å². The summed E-state index contributed by atoms with van der Waals surface area (Å²) in [6, 6.07) is 0. The molecule has 0 aromatic carbocycles. The maximum Gasteiger partial charge on any atom is 0.129 e. The topological polar surface area (TPSA) is 38.3 Å². The summed E-state index contributed by atoms with van der Waals surface area (Å²) in [6.45, 7) is 1.68. The molecule has 118 valence electrons. The molecule has 20 heavy (non-hydrogen) atoms. The summed E-state index contributed by atoms with van der Waals surface area (Å²) in [7, 11) is 1.62. The van der Waals surface area contributed by atoms with Gasteiger partial charge in [-0.05, 0) is 26.2 Å². The van der Waals surface area contributed by atoms with Crippen molar-refractivity contribution in [3.05, 3.63) is 12.3 Å². The van der Waals surface area contributed by atoms with E-state index in [4.69, 9.17) is 4.84 Å². The summed E-state index contributed by atoms with van der Waals surface area (Å²) in [5.41, 5.74) is 2.69. The van der Waals surface area contributed by atoms with Crippen LogP contribution in [0.15, 0.2) is 12.3 Å². The molecule has 0 unspecified atom stereocenters. The zero-order chi connectivity index (χ0) is 14.9. The Balaban J connectivity index is 3.01. The number of allylic oxidation sites excluding steroid dienone is 1. The third-order valence-corrected chi connectivity index (χ3v) is 3.45. The lowest BCUT2D eigenvalue weighted by molar-refractivity contribution is -0.117. The van der Waals surface area contributed by atoms with Gasteiger partial charge >= 0.3 is 0 Å². The molecule has 0 spiro atoms. The van der Waals surface area contributed by atoms with Gasteiger partial charge in [-0.25, -0.2) is 0 Å². The van der Waals surface area contributed by atoms with E-state index in [1.165, 1.54) is 57.8 Å². The molecule has 0 aliphatic heterocycles. The normalized spacial score (nSPS) is 11.1. The van der Waals surface area contributed by atoms with Gasteiger partial charge in [-0.15, -0.1) is 0 Å². The molecule has 0 saturated carbocycles. The number of carbonyl (C=O) groups is 1. The first kappa shape index (κ1) is 19.2. The van der Waals surface area contributed by atoms with E-state index in [1.807, 2.05) is 6.20 Å². The van der Waals surface area contributed by atoms with Crippen molar-refractivity contribution in [1.29, 1.82) is 0 Å². The first-order valence-electron chi connectivity index (χ1n) is 8.20. The molecule has 3 nitrogen and oxygen atoms in total. The number of rotatable bonds is 15. The van der Waals surface area contributed by atoms with Gasteiger partial charge in [0.2, 0.25) is 0 Å². The van der Waals surface area contributed by atoms with Gasteiger partial charge in [0.15, 0.2) is 0 Å². The molecule has 0 fully saturated rings. The van der Waals surface area contributed by atoms with E-state index < -0.39 is 0 Å². The number of hydrogen-bond acceptors (Lipinski definition) is 3. The van der Waals surface area contributed by atoms with Crippen LogP contribution < -0.4 is 5.48 Å². The summed E-state index contributed by atoms with van der Waals surface area (Å²) in [5, 5.41) is 0. The second-order valence-electron chi connectivity index (χ2n) is 5.50. The molecule has 0 aromatic rings. The number of ketones is 1. The minimum absolute atomic E-state index is 0.331. The predicted molar refractivity (Wildman–Crippen MR) is 85.4 cm³/mol. The van der Waals surface area contributed by atoms with Crippen molar-refractivity contribution in [3.8, 4) is 0 Å². The largest absolute Gasteiger partial charge is 0.300 e. The monoisotopic (exact) mass is 283 g/mol. The van der Waals surface area contributed by atoms with Gasteiger partial charge in [-0.1, -0.05) is 57.4 Å². The average Bonchev–Trinajstić information content (AvgIpc) is 2.43. The lowest BCUT2D eigenvalue weighted by atomic mass is 10.0. The van der Waals surface area contributed by atoms with Crippen LogP contribution in [0.4, 0.5) is 0 Å². The summed E-state index contributed by atoms with van der Waals surface area (Å²) in [6.07, 6.45) is 18.9. The number of unbranched alkanes of at least 4 members (excludes halogenated alkanes) is 10. The molecule has 0 aliphatic rings. The van der Waals surface area contributed by atoms with E-state index in [1.54, 1.807) is 14.0 Å². The van der Waals surface area contributed by atoms with Gasteiger partial charge < -0.3 is 4.79 Å². The maximum absolute atomic E-state index is 10.8. The molecule has 0 radical (unpaired) electrons. The molecule has 1 N–H and O–H groups in total. The van der Waals surface area contributed by atoms with Crippen LogP contribution in [-0.4, -0.2) is 12.9 Å². The Labute approximate surface area is 125 Å². The van der Waals surface area contributed by atoms with Crippen molar-refractivity contribution in [3.63, 3.8) is 0 Å². The van der Waals surface area contributed by atoms with Crippen molar-refractivity contribution in [2.45, 2.75) is 84.0 Å². The Kier molecular flexibility index (Phi) is 15.6. The Morgan fingerprint density at radius 3 is 1.90 bits per heavy atom. The Hall–Kier alpha value is -0.830. The van der Waals surface area contributed by atoms with E-state index in [0.717, 1.165) is 19.3 Å². The highest BCUT2D eigenvalue weighted by molar-refractivity contribution is 5.75. The van der Waals surface area contributed by atoms with Crippen molar-refractivity contribution in [2.24, 2.45) is 0 Å². The minimum Gasteiger partial charge on any atom is -0.300 e. The van der Waals surface area contributed by atoms with E-state index in [9.17, 15) is 4.79 Å². The van der Waals surface area contributed by atoms with Gasteiger partial charge in [0, 0.05) is 12.6 Å². The summed E-state index contributed by atoms with van der Waals surface area (Å²) >= 11 is 0. The van der Waals surface area contributed by atoms with Crippen LogP contribution in [0.2, 0.25) is 0 Å². The molecular weight excluding hydrogens is 250 g/mol. The highest BCUT2D eigenvalue weighted by Crippen LogP contribution is 2.12. The van der Waals surface area contributed by atoms with Crippen LogP contribution in [-0.2, 0) is 9.63 Å². The van der Waals surface area contributed by atoms with Crippen LogP contribution >= 0.6 is 0 Å². The molecule has 0 heterocycles. The maximum atomic E-state index is 10.8. The summed E-state index contributed by atoms with van der Waals surface area (Å²) in [5.74, 6) is 0.331. The summed E-state index contributed by atoms with van der Waals surface area (Å²) < 4.78 is 0. The first-order valence-corrected chi connectivity index (χ1v) is 8.20. The zero-order valence-electron chi connectivity index (χ0n) is 13.5. The van der Waals surface area contributed by atoms with E-state index in [0.29, 0.717) is 5.78 Å². The quantitative estimate of drug-likeness (QED) is 0.342. The summed E-state index contributed by atoms with van der Waals surface area (Å²) in [4.78, 5) is 15.5. The minimum atomic E-state index is 0.331. The molecule has 0 atom stereocenters. The van der Waals surface area contributed by atoms with E-state index in [2.05, 4.69) is 11.6 Å². The van der Waals surface area contributed by atoms with Gasteiger partial charge in [-0.3, -0.25) is 10.3 Å². The Bertz CT molecular complexity index is 239. The van der Waals surface area contributed by atoms with Crippen molar-refractivity contribution >= 4 is 5.78 Å². The first-order chi connectivity index (χ1) is 9.77. The Morgan fingerprint density at radius 2 is 1.40 bits per heavy atom. The molecule has 0 saturated heterocycles. The fourth-order valence-electron chi connectivity index (χ4n) is 2.25. The van der Waals surface area contributed by atoms with E-state index >= 15 is 0 Å². The van der Waals surface area contributed by atoms with Crippen LogP contribution in [0, 0.1) is 0 Å². The fraction of sp³-hybridized carbons (Fsp3) is 0.824. The second-order valence-corrected chi connectivity index (χ2v) is 5.50. The average molecular weight is 283 g/mol. The number of carbonyl (C=O) groups excluding carboxylic acids is 1. The molecule has 3 heteroatoms. The number of hydroxylamine groups is 1. The zero-order valence-corrected chi connectivity index (χ0v) is 13.5. The smallest absolute Gasteiger partial charge is 0.129 e. The number of nitrogens with one attached hydrogen (secondary N) is 1. The van der Waals surface area contributed by atoms with Gasteiger partial charge in [-0.2, -0.15) is 0 Å². The predicted octanol–water partition coefficient (Wildman–Crippen LogP) is 4.92. The SMILES string of the molecule is CONC=CCCCCCCCCCCCCC(C)=O. The van der Waals surface area contributed by atoms with Crippen molar-refractivity contribution < 1.29 is 9.63 Å². The van der Waals surface area contributed by atoms with Gasteiger partial charge in [0.25, 0.3) is 0 Å². The highest BCUT2D eigenvalue weighted by atomic mass is 16.6. The molecule has 0 bridgehead atoms. The second kappa shape index (κ2) is 16.2. The highest BCUT2D eigenvalue weighted by Gasteiger charge is 1.95. The van der Waals surface area contributed by atoms with Crippen LogP contribution in [0.1, 0.15) is 84.0 Å². The third kappa shape index (κ3) is 17.2. The number of Topliss-reactive ketones (excluding diaryl/α,β-unsaturated/α-hetero) is 1. The lowest BCUT2D eigenvalue weighted by Gasteiger charge is -2.02. The van der Waals surface area contributed by atoms with Crippen LogP contribution in [0.25, 0.3) is 0 Å². The Morgan fingerprint density at radius 1 is 0.900 bits per heavy atom. The molecule has 0 amide bonds. The molecule has 0 aromatic heterocycles. The third-order valence-electron chi connectivity index (χ3n) is 3.45. The number of hydrogen-bond donors (Lipinski definition) is 1. The lowest BCUT2D eigenvalue weighted by Crippen LogP contribution is -1.99. The van der Waals surface area contributed by atoms with Crippen LogP contribution in [0.3, 0.4) is 0 Å². The van der Waals surface area contributed by atoms with E-state index in [-0.39, 0.29) is 0 Å². The molecular formula is C17H33NO2.